The van der Waals surface area contributed by atoms with E-state index in [1.807, 2.05) is 0 Å². The van der Waals surface area contributed by atoms with Crippen molar-refractivity contribution in [3.05, 3.63) is 50.6 Å². The quantitative estimate of drug-likeness (QED) is 0.648. The van der Waals surface area contributed by atoms with Crippen LogP contribution in [0.15, 0.2) is 29.2 Å². The van der Waals surface area contributed by atoms with E-state index in [1.54, 1.807) is 20.0 Å². The molecule has 0 bridgehead atoms. The Labute approximate surface area is 119 Å². The second-order valence-corrected chi connectivity index (χ2v) is 4.45. The molecule has 0 aliphatic heterocycles. The Morgan fingerprint density at radius 1 is 1.48 bits per heavy atom. The van der Waals surface area contributed by atoms with Gasteiger partial charge in [-0.05, 0) is 6.92 Å². The van der Waals surface area contributed by atoms with Crippen LogP contribution in [0.25, 0.3) is 0 Å². The second kappa shape index (κ2) is 5.57. The summed E-state index contributed by atoms with van der Waals surface area (Å²) in [5.74, 6) is 0.0107. The fourth-order valence-electron chi connectivity index (χ4n) is 1.81. The molecule has 0 saturated carbocycles. The molecule has 21 heavy (non-hydrogen) atoms. The number of carbonyl (C=O) groups excluding carboxylic acids is 1. The van der Waals surface area contributed by atoms with E-state index in [-0.39, 0.29) is 12.2 Å². The Kier molecular flexibility index (Phi) is 3.83. The molecule has 0 atom stereocenters. The van der Waals surface area contributed by atoms with E-state index in [9.17, 15) is 19.7 Å². The monoisotopic (exact) mass is 291 g/mol. The summed E-state index contributed by atoms with van der Waals surface area (Å²) in [5, 5.41) is 17.3. The van der Waals surface area contributed by atoms with Crippen molar-refractivity contribution in [3.63, 3.8) is 0 Å². The Hall–Kier alpha value is -2.97. The standard InChI is InChI=1S/C12H13N5O4/c1-8-5-10(15(2)14-8)13-11(18)7-16-6-9(17(20)21)3-4-12(16)19/h3-6H,7H2,1-2H3,(H,13,18). The molecule has 2 aromatic rings. The van der Waals surface area contributed by atoms with Crippen LogP contribution in [0.2, 0.25) is 0 Å². The molecule has 0 saturated heterocycles. The Morgan fingerprint density at radius 3 is 2.76 bits per heavy atom. The van der Waals surface area contributed by atoms with Gasteiger partial charge < -0.3 is 5.32 Å². The minimum absolute atomic E-state index is 0.251. The molecular formula is C12H13N5O4. The van der Waals surface area contributed by atoms with Gasteiger partial charge in [-0.1, -0.05) is 0 Å². The molecule has 0 radical (unpaired) electrons. The van der Waals surface area contributed by atoms with Crippen molar-refractivity contribution >= 4 is 17.4 Å². The van der Waals surface area contributed by atoms with E-state index in [0.29, 0.717) is 5.82 Å². The summed E-state index contributed by atoms with van der Waals surface area (Å²) in [6.45, 7) is 1.46. The van der Waals surface area contributed by atoms with Crippen LogP contribution < -0.4 is 10.9 Å². The molecule has 110 valence electrons. The van der Waals surface area contributed by atoms with E-state index in [1.165, 1.54) is 4.68 Å². The highest BCUT2D eigenvalue weighted by molar-refractivity contribution is 5.89. The first-order valence-electron chi connectivity index (χ1n) is 6.02. The minimum atomic E-state index is -0.627. The van der Waals surface area contributed by atoms with Gasteiger partial charge in [-0.3, -0.25) is 29.0 Å². The molecule has 1 N–H and O–H groups in total. The number of aryl methyl sites for hydroxylation is 2. The zero-order chi connectivity index (χ0) is 15.6. The molecule has 0 aliphatic rings. The van der Waals surface area contributed by atoms with Crippen molar-refractivity contribution in [2.24, 2.45) is 7.05 Å². The summed E-state index contributed by atoms with van der Waals surface area (Å²) >= 11 is 0. The number of anilines is 1. The highest BCUT2D eigenvalue weighted by Crippen LogP contribution is 2.09. The summed E-state index contributed by atoms with van der Waals surface area (Å²) in [6.07, 6.45) is 1.04. The normalized spacial score (nSPS) is 10.4. The molecule has 0 spiro atoms. The number of pyridine rings is 1. The number of amides is 1. The molecule has 2 aromatic heterocycles. The van der Waals surface area contributed by atoms with Gasteiger partial charge in [0.2, 0.25) is 5.91 Å². The predicted molar refractivity (Wildman–Crippen MR) is 73.9 cm³/mol. The number of nitrogens with one attached hydrogen (secondary N) is 1. The van der Waals surface area contributed by atoms with Crippen molar-refractivity contribution in [1.82, 2.24) is 14.3 Å². The maximum absolute atomic E-state index is 11.9. The number of hydrogen-bond donors (Lipinski definition) is 1. The highest BCUT2D eigenvalue weighted by Gasteiger charge is 2.12. The number of nitrogens with zero attached hydrogens (tertiary/aromatic N) is 4. The average Bonchev–Trinajstić information content (AvgIpc) is 2.70. The molecule has 2 rings (SSSR count). The molecule has 9 nitrogen and oxygen atoms in total. The van der Waals surface area contributed by atoms with Crippen molar-refractivity contribution in [2.75, 3.05) is 5.32 Å². The second-order valence-electron chi connectivity index (χ2n) is 4.45. The van der Waals surface area contributed by atoms with Crippen molar-refractivity contribution < 1.29 is 9.72 Å². The van der Waals surface area contributed by atoms with Crippen LogP contribution in [-0.2, 0) is 18.4 Å². The Balaban J connectivity index is 2.16. The summed E-state index contributed by atoms with van der Waals surface area (Å²) in [4.78, 5) is 33.5. The highest BCUT2D eigenvalue weighted by atomic mass is 16.6. The van der Waals surface area contributed by atoms with E-state index in [4.69, 9.17) is 0 Å². The first-order chi connectivity index (χ1) is 9.86. The number of aromatic nitrogens is 3. The van der Waals surface area contributed by atoms with E-state index >= 15 is 0 Å². The molecule has 0 unspecified atom stereocenters. The van der Waals surface area contributed by atoms with Crippen LogP contribution in [0.3, 0.4) is 0 Å². The maximum atomic E-state index is 11.9. The van der Waals surface area contributed by atoms with Gasteiger partial charge in [0.15, 0.2) is 0 Å². The predicted octanol–water partition coefficient (Wildman–Crippen LogP) is 0.437. The Morgan fingerprint density at radius 2 is 2.19 bits per heavy atom. The Bertz CT molecular complexity index is 761. The van der Waals surface area contributed by atoms with Gasteiger partial charge in [-0.2, -0.15) is 5.10 Å². The van der Waals surface area contributed by atoms with Crippen LogP contribution in [0, 0.1) is 17.0 Å². The third-order valence-electron chi connectivity index (χ3n) is 2.76. The summed E-state index contributed by atoms with van der Waals surface area (Å²) in [7, 11) is 1.67. The SMILES string of the molecule is Cc1cc(NC(=O)Cn2cc([N+](=O)[O-])ccc2=O)n(C)n1. The van der Waals surface area contributed by atoms with Gasteiger partial charge in [0.05, 0.1) is 16.8 Å². The molecular weight excluding hydrogens is 278 g/mol. The first kappa shape index (κ1) is 14.4. The molecule has 9 heteroatoms. The lowest BCUT2D eigenvalue weighted by atomic mass is 10.4. The summed E-state index contributed by atoms with van der Waals surface area (Å²) < 4.78 is 2.47. The third-order valence-corrected chi connectivity index (χ3v) is 2.76. The van der Waals surface area contributed by atoms with Gasteiger partial charge in [0, 0.05) is 25.2 Å². The van der Waals surface area contributed by atoms with Gasteiger partial charge in [0.1, 0.15) is 12.4 Å². The van der Waals surface area contributed by atoms with Crippen LogP contribution in [0.1, 0.15) is 5.69 Å². The molecule has 1 amide bonds. The van der Waals surface area contributed by atoms with E-state index in [2.05, 4.69) is 10.4 Å². The number of rotatable bonds is 4. The number of carbonyl (C=O) groups is 1. The summed E-state index contributed by atoms with van der Waals surface area (Å²) in [6, 6.07) is 3.83. The lowest BCUT2D eigenvalue weighted by Crippen LogP contribution is -2.27. The van der Waals surface area contributed by atoms with Crippen LogP contribution in [0.4, 0.5) is 11.5 Å². The molecule has 0 aliphatic carbocycles. The average molecular weight is 291 g/mol. The minimum Gasteiger partial charge on any atom is -0.309 e. The van der Waals surface area contributed by atoms with Crippen LogP contribution in [0.5, 0.6) is 0 Å². The largest absolute Gasteiger partial charge is 0.309 e. The lowest BCUT2D eigenvalue weighted by molar-refractivity contribution is -0.385. The van der Waals surface area contributed by atoms with E-state index < -0.39 is 16.4 Å². The maximum Gasteiger partial charge on any atom is 0.285 e. The van der Waals surface area contributed by atoms with Gasteiger partial charge in [-0.25, -0.2) is 0 Å². The van der Waals surface area contributed by atoms with Gasteiger partial charge >= 0.3 is 0 Å². The van der Waals surface area contributed by atoms with Gasteiger partial charge in [0.25, 0.3) is 11.2 Å². The fraction of sp³-hybridized carbons (Fsp3) is 0.250. The summed E-state index contributed by atoms with van der Waals surface area (Å²) in [5.41, 5.74) is -0.00368. The van der Waals surface area contributed by atoms with Crippen molar-refractivity contribution in [2.45, 2.75) is 13.5 Å². The molecule has 0 aromatic carbocycles. The number of hydrogen-bond acceptors (Lipinski definition) is 5. The topological polar surface area (TPSA) is 112 Å². The fourth-order valence-corrected chi connectivity index (χ4v) is 1.81. The smallest absolute Gasteiger partial charge is 0.285 e. The van der Waals surface area contributed by atoms with Gasteiger partial charge in [-0.15, -0.1) is 0 Å². The van der Waals surface area contributed by atoms with Crippen molar-refractivity contribution in [1.29, 1.82) is 0 Å². The van der Waals surface area contributed by atoms with E-state index in [0.717, 1.165) is 28.6 Å². The number of nitro groups is 1. The third kappa shape index (κ3) is 3.32. The van der Waals surface area contributed by atoms with Crippen molar-refractivity contribution in [3.8, 4) is 0 Å². The molecule has 0 fully saturated rings. The lowest BCUT2D eigenvalue weighted by Gasteiger charge is -2.07. The zero-order valence-corrected chi connectivity index (χ0v) is 11.4. The molecule has 2 heterocycles. The first-order valence-corrected chi connectivity index (χ1v) is 6.02. The zero-order valence-electron chi connectivity index (χ0n) is 11.4. The van der Waals surface area contributed by atoms with Crippen LogP contribution >= 0.6 is 0 Å². The van der Waals surface area contributed by atoms with Crippen LogP contribution in [-0.4, -0.2) is 25.2 Å².